The summed E-state index contributed by atoms with van der Waals surface area (Å²) in [5.41, 5.74) is 0.866. The van der Waals surface area contributed by atoms with Crippen LogP contribution in [0.5, 0.6) is 0 Å². The molecule has 1 amide bonds. The van der Waals surface area contributed by atoms with Crippen LogP contribution in [0.2, 0.25) is 5.02 Å². The summed E-state index contributed by atoms with van der Waals surface area (Å²) in [6, 6.07) is 11.5. The summed E-state index contributed by atoms with van der Waals surface area (Å²) in [6.07, 6.45) is 3.71. The van der Waals surface area contributed by atoms with Crippen molar-refractivity contribution in [2.75, 3.05) is 18.4 Å². The Morgan fingerprint density at radius 3 is 2.26 bits per heavy atom. The number of hydrogen-bond acceptors (Lipinski definition) is 3. The number of nitrogens with one attached hydrogen (secondary N) is 1. The van der Waals surface area contributed by atoms with E-state index in [-0.39, 0.29) is 21.4 Å². The second-order valence-electron chi connectivity index (χ2n) is 6.42. The number of hydrogen-bond donors (Lipinski definition) is 1. The maximum Gasteiger partial charge on any atom is 0.255 e. The molecule has 144 valence electrons. The van der Waals surface area contributed by atoms with Gasteiger partial charge in [-0.05, 0) is 55.3 Å². The molecule has 1 aliphatic rings. The van der Waals surface area contributed by atoms with Crippen molar-refractivity contribution in [3.05, 3.63) is 57.5 Å². The van der Waals surface area contributed by atoms with Crippen LogP contribution in [0, 0.1) is 0 Å². The third-order valence-corrected chi connectivity index (χ3v) is 7.39. The molecule has 1 saturated heterocycles. The molecule has 0 saturated carbocycles. The van der Waals surface area contributed by atoms with E-state index in [4.69, 9.17) is 11.6 Å². The summed E-state index contributed by atoms with van der Waals surface area (Å²) in [5.74, 6) is -0.388. The molecule has 1 fully saturated rings. The van der Waals surface area contributed by atoms with Gasteiger partial charge in [0.15, 0.2) is 0 Å². The highest BCUT2D eigenvalue weighted by atomic mass is 79.9. The van der Waals surface area contributed by atoms with Gasteiger partial charge in [0.05, 0.1) is 5.02 Å². The number of halogens is 2. The molecule has 8 heteroatoms. The van der Waals surface area contributed by atoms with Crippen LogP contribution in [-0.4, -0.2) is 31.7 Å². The van der Waals surface area contributed by atoms with Crippen molar-refractivity contribution in [3.63, 3.8) is 0 Å². The van der Waals surface area contributed by atoms with Gasteiger partial charge in [0.1, 0.15) is 4.90 Å². The molecule has 0 atom stereocenters. The normalized spacial score (nSPS) is 15.9. The average molecular weight is 472 g/mol. The Bertz CT molecular complexity index is 924. The summed E-state index contributed by atoms with van der Waals surface area (Å²) >= 11 is 9.52. The Balaban J connectivity index is 1.87. The fraction of sp³-hybridized carbons (Fsp3) is 0.316. The highest BCUT2D eigenvalue weighted by Gasteiger charge is 2.28. The average Bonchev–Trinajstić information content (AvgIpc) is 2.94. The number of nitrogens with zero attached hydrogens (tertiary/aromatic N) is 1. The molecule has 0 bridgehead atoms. The van der Waals surface area contributed by atoms with Gasteiger partial charge in [-0.25, -0.2) is 8.42 Å². The van der Waals surface area contributed by atoms with Gasteiger partial charge < -0.3 is 5.32 Å². The van der Waals surface area contributed by atoms with E-state index < -0.39 is 10.0 Å². The van der Waals surface area contributed by atoms with Gasteiger partial charge in [-0.2, -0.15) is 4.31 Å². The SMILES string of the molecule is O=C(Nc1ccc(Br)cc1)c1ccc(Cl)c(S(=O)(=O)N2CCCCCC2)c1. The summed E-state index contributed by atoms with van der Waals surface area (Å²) < 4.78 is 28.4. The van der Waals surface area contributed by atoms with E-state index in [1.54, 1.807) is 12.1 Å². The minimum Gasteiger partial charge on any atom is -0.322 e. The largest absolute Gasteiger partial charge is 0.322 e. The van der Waals surface area contributed by atoms with Gasteiger partial charge in [-0.1, -0.05) is 40.4 Å². The maximum atomic E-state index is 13.0. The first-order valence-electron chi connectivity index (χ1n) is 8.74. The molecule has 2 aromatic carbocycles. The lowest BCUT2D eigenvalue weighted by Gasteiger charge is -2.21. The second-order valence-corrected chi connectivity index (χ2v) is 9.65. The first-order chi connectivity index (χ1) is 12.9. The van der Waals surface area contributed by atoms with Crippen LogP contribution in [0.25, 0.3) is 0 Å². The zero-order valence-corrected chi connectivity index (χ0v) is 17.8. The lowest BCUT2D eigenvalue weighted by Crippen LogP contribution is -2.32. The Morgan fingerprint density at radius 2 is 1.63 bits per heavy atom. The highest BCUT2D eigenvalue weighted by Crippen LogP contribution is 2.28. The van der Waals surface area contributed by atoms with Gasteiger partial charge in [-0.15, -0.1) is 0 Å². The molecule has 3 rings (SSSR count). The molecule has 27 heavy (non-hydrogen) atoms. The summed E-state index contributed by atoms with van der Waals surface area (Å²) in [5, 5.41) is 2.89. The smallest absolute Gasteiger partial charge is 0.255 e. The number of anilines is 1. The number of amides is 1. The predicted molar refractivity (Wildman–Crippen MR) is 111 cm³/mol. The molecular formula is C19H20BrClN2O3S. The van der Waals surface area contributed by atoms with E-state index in [1.165, 1.54) is 22.5 Å². The third kappa shape index (κ3) is 4.90. The molecule has 0 unspecified atom stereocenters. The van der Waals surface area contributed by atoms with Gasteiger partial charge in [-0.3, -0.25) is 4.79 Å². The standard InChI is InChI=1S/C19H20BrClN2O3S/c20-15-6-8-16(9-7-15)22-19(24)14-5-10-17(21)18(13-14)27(25,26)23-11-3-1-2-4-12-23/h5-10,13H,1-4,11-12H2,(H,22,24). The van der Waals surface area contributed by atoms with Crippen molar-refractivity contribution >= 4 is 49.1 Å². The van der Waals surface area contributed by atoms with Gasteiger partial charge in [0.2, 0.25) is 10.0 Å². The van der Waals surface area contributed by atoms with E-state index in [1.807, 2.05) is 12.1 Å². The lowest BCUT2D eigenvalue weighted by molar-refractivity contribution is 0.102. The van der Waals surface area contributed by atoms with Crippen molar-refractivity contribution < 1.29 is 13.2 Å². The number of carbonyl (C=O) groups is 1. The molecule has 0 radical (unpaired) electrons. The number of rotatable bonds is 4. The van der Waals surface area contributed by atoms with E-state index >= 15 is 0 Å². The molecule has 1 heterocycles. The zero-order chi connectivity index (χ0) is 19.4. The van der Waals surface area contributed by atoms with Crippen LogP contribution in [0.1, 0.15) is 36.0 Å². The molecule has 0 spiro atoms. The molecule has 1 N–H and O–H groups in total. The molecular weight excluding hydrogens is 452 g/mol. The minimum atomic E-state index is -3.74. The Hall–Kier alpha value is -1.41. The monoisotopic (exact) mass is 470 g/mol. The molecule has 2 aromatic rings. The van der Waals surface area contributed by atoms with E-state index in [0.717, 1.165) is 30.2 Å². The molecule has 1 aliphatic heterocycles. The van der Waals surface area contributed by atoms with Gasteiger partial charge in [0.25, 0.3) is 5.91 Å². The van der Waals surface area contributed by atoms with Gasteiger partial charge >= 0.3 is 0 Å². The van der Waals surface area contributed by atoms with Crippen molar-refractivity contribution in [2.45, 2.75) is 30.6 Å². The number of sulfonamides is 1. The van der Waals surface area contributed by atoms with Crippen LogP contribution in [-0.2, 0) is 10.0 Å². The van der Waals surface area contributed by atoms with Crippen molar-refractivity contribution in [2.24, 2.45) is 0 Å². The van der Waals surface area contributed by atoms with Crippen LogP contribution in [0.4, 0.5) is 5.69 Å². The van der Waals surface area contributed by atoms with Crippen molar-refractivity contribution in [3.8, 4) is 0 Å². The highest BCUT2D eigenvalue weighted by molar-refractivity contribution is 9.10. The molecule has 0 aliphatic carbocycles. The number of carbonyl (C=O) groups excluding carboxylic acids is 1. The fourth-order valence-electron chi connectivity index (χ4n) is 3.00. The van der Waals surface area contributed by atoms with E-state index in [9.17, 15) is 13.2 Å². The minimum absolute atomic E-state index is 0.0190. The van der Waals surface area contributed by atoms with Crippen LogP contribution in [0.3, 0.4) is 0 Å². The summed E-state index contributed by atoms with van der Waals surface area (Å²) in [7, 11) is -3.74. The topological polar surface area (TPSA) is 66.5 Å². The first kappa shape index (κ1) is 20.3. The van der Waals surface area contributed by atoms with E-state index in [0.29, 0.717) is 18.8 Å². The van der Waals surface area contributed by atoms with E-state index in [2.05, 4.69) is 21.2 Å². The Labute approximate surface area is 172 Å². The molecule has 0 aromatic heterocycles. The van der Waals surface area contributed by atoms with Crippen LogP contribution >= 0.6 is 27.5 Å². The third-order valence-electron chi connectivity index (χ3n) is 4.48. The lowest BCUT2D eigenvalue weighted by atomic mass is 10.2. The van der Waals surface area contributed by atoms with Crippen LogP contribution < -0.4 is 5.32 Å². The summed E-state index contributed by atoms with van der Waals surface area (Å²) in [4.78, 5) is 12.5. The quantitative estimate of drug-likeness (QED) is 0.688. The predicted octanol–water partition coefficient (Wildman–Crippen LogP) is 4.92. The first-order valence-corrected chi connectivity index (χ1v) is 11.4. The second kappa shape index (κ2) is 8.73. The fourth-order valence-corrected chi connectivity index (χ4v) is 5.28. The summed E-state index contributed by atoms with van der Waals surface area (Å²) in [6.45, 7) is 0.960. The van der Waals surface area contributed by atoms with Crippen molar-refractivity contribution in [1.29, 1.82) is 0 Å². The maximum absolute atomic E-state index is 13.0. The van der Waals surface area contributed by atoms with Crippen LogP contribution in [0.15, 0.2) is 51.8 Å². The Kier molecular flexibility index (Phi) is 6.57. The molecule has 5 nitrogen and oxygen atoms in total. The Morgan fingerprint density at radius 1 is 1.00 bits per heavy atom. The van der Waals surface area contributed by atoms with Crippen molar-refractivity contribution in [1.82, 2.24) is 4.31 Å². The zero-order valence-electron chi connectivity index (χ0n) is 14.6. The number of benzene rings is 2. The van der Waals surface area contributed by atoms with Gasteiger partial charge in [0, 0.05) is 28.8 Å².